The number of aromatic nitrogens is 3. The molecule has 142 valence electrons. The Labute approximate surface area is 168 Å². The summed E-state index contributed by atoms with van der Waals surface area (Å²) in [6.07, 6.45) is 3.27. The molecule has 6 heteroatoms. The van der Waals surface area contributed by atoms with Crippen LogP contribution in [0.3, 0.4) is 0 Å². The molecule has 0 N–H and O–H groups in total. The Kier molecular flexibility index (Phi) is 4.64. The molecule has 2 aliphatic rings. The lowest BCUT2D eigenvalue weighted by atomic mass is 10.00. The molecule has 1 aliphatic carbocycles. The van der Waals surface area contributed by atoms with Crippen molar-refractivity contribution < 1.29 is 4.79 Å². The topological polar surface area (TPSA) is 51.0 Å². The van der Waals surface area contributed by atoms with E-state index in [1.807, 2.05) is 46.0 Å². The van der Waals surface area contributed by atoms with Crippen LogP contribution in [0.5, 0.6) is 0 Å². The maximum atomic E-state index is 12.7. The van der Waals surface area contributed by atoms with E-state index in [-0.39, 0.29) is 5.91 Å². The largest absolute Gasteiger partial charge is 0.337 e. The number of hydrogen-bond donors (Lipinski definition) is 0. The van der Waals surface area contributed by atoms with E-state index in [0.29, 0.717) is 23.4 Å². The molecule has 0 saturated heterocycles. The molecule has 1 amide bonds. The highest BCUT2D eigenvalue weighted by Crippen LogP contribution is 2.40. The van der Waals surface area contributed by atoms with Crippen molar-refractivity contribution in [1.82, 2.24) is 19.7 Å². The van der Waals surface area contributed by atoms with Crippen molar-refractivity contribution in [3.63, 3.8) is 0 Å². The summed E-state index contributed by atoms with van der Waals surface area (Å²) in [5, 5.41) is 5.38. The third-order valence-corrected chi connectivity index (χ3v) is 6.19. The maximum Gasteiger partial charge on any atom is 0.233 e. The van der Waals surface area contributed by atoms with Gasteiger partial charge in [-0.05, 0) is 42.5 Å². The number of benzene rings is 2. The van der Waals surface area contributed by atoms with Crippen molar-refractivity contribution in [2.45, 2.75) is 36.9 Å². The summed E-state index contributed by atoms with van der Waals surface area (Å²) in [5.74, 6) is 2.05. The molecular formula is C22H22N4OS. The van der Waals surface area contributed by atoms with Gasteiger partial charge < -0.3 is 4.90 Å². The third-order valence-electron chi connectivity index (χ3n) is 5.36. The summed E-state index contributed by atoms with van der Waals surface area (Å²) in [5.41, 5.74) is 3.65. The lowest BCUT2D eigenvalue weighted by molar-refractivity contribution is -0.129. The lowest BCUT2D eigenvalue weighted by Crippen LogP contribution is -2.37. The van der Waals surface area contributed by atoms with Gasteiger partial charge >= 0.3 is 0 Å². The first-order valence-corrected chi connectivity index (χ1v) is 10.8. The molecule has 28 heavy (non-hydrogen) atoms. The zero-order valence-corrected chi connectivity index (χ0v) is 16.4. The number of nitrogens with zero attached hydrogens (tertiary/aromatic N) is 4. The normalized spacial score (nSPS) is 16.1. The Morgan fingerprint density at radius 1 is 1.04 bits per heavy atom. The number of amides is 1. The van der Waals surface area contributed by atoms with Crippen LogP contribution < -0.4 is 0 Å². The third kappa shape index (κ3) is 3.56. The zero-order chi connectivity index (χ0) is 18.9. The monoisotopic (exact) mass is 390 g/mol. The van der Waals surface area contributed by atoms with E-state index in [1.54, 1.807) is 0 Å². The highest BCUT2D eigenvalue weighted by Gasteiger charge is 2.30. The quantitative estimate of drug-likeness (QED) is 0.622. The number of carbonyl (C=O) groups is 1. The van der Waals surface area contributed by atoms with Crippen LogP contribution in [0.4, 0.5) is 0 Å². The Hall–Kier alpha value is -2.60. The van der Waals surface area contributed by atoms with Gasteiger partial charge in [-0.25, -0.2) is 9.67 Å². The molecule has 0 atom stereocenters. The fourth-order valence-corrected chi connectivity index (χ4v) is 4.39. The van der Waals surface area contributed by atoms with Crippen molar-refractivity contribution >= 4 is 17.7 Å². The Balaban J connectivity index is 1.28. The van der Waals surface area contributed by atoms with E-state index in [2.05, 4.69) is 18.2 Å². The second-order valence-electron chi connectivity index (χ2n) is 7.40. The highest BCUT2D eigenvalue weighted by atomic mass is 32.2. The summed E-state index contributed by atoms with van der Waals surface area (Å²) in [4.78, 5) is 19.4. The fraction of sp³-hybridized carbons (Fsp3) is 0.318. The van der Waals surface area contributed by atoms with Gasteiger partial charge in [0.15, 0.2) is 0 Å². The van der Waals surface area contributed by atoms with Gasteiger partial charge in [0.25, 0.3) is 0 Å². The van der Waals surface area contributed by atoms with Crippen molar-refractivity contribution in [3.05, 3.63) is 71.5 Å². The summed E-state index contributed by atoms with van der Waals surface area (Å²) >= 11 is 1.44. The number of para-hydroxylation sites is 1. The minimum Gasteiger partial charge on any atom is -0.337 e. The van der Waals surface area contributed by atoms with Crippen molar-refractivity contribution in [2.75, 3.05) is 12.3 Å². The second-order valence-corrected chi connectivity index (χ2v) is 8.34. The van der Waals surface area contributed by atoms with Gasteiger partial charge in [0.05, 0.1) is 11.4 Å². The molecule has 0 bridgehead atoms. The van der Waals surface area contributed by atoms with Crippen molar-refractivity contribution in [1.29, 1.82) is 0 Å². The first-order valence-electron chi connectivity index (χ1n) is 9.77. The summed E-state index contributed by atoms with van der Waals surface area (Å²) in [6, 6.07) is 18.5. The van der Waals surface area contributed by atoms with E-state index < -0.39 is 0 Å². The summed E-state index contributed by atoms with van der Waals surface area (Å²) < 4.78 is 1.95. The average Bonchev–Trinajstić information content (AvgIpc) is 3.51. The fourth-order valence-electron chi connectivity index (χ4n) is 3.66. The van der Waals surface area contributed by atoms with Gasteiger partial charge in [0.2, 0.25) is 11.1 Å². The summed E-state index contributed by atoms with van der Waals surface area (Å²) in [6.45, 7) is 1.49. The zero-order valence-electron chi connectivity index (χ0n) is 15.6. The van der Waals surface area contributed by atoms with Gasteiger partial charge in [-0.1, -0.05) is 54.2 Å². The van der Waals surface area contributed by atoms with Gasteiger partial charge in [0.1, 0.15) is 5.82 Å². The highest BCUT2D eigenvalue weighted by molar-refractivity contribution is 7.99. The first-order chi connectivity index (χ1) is 13.8. The van der Waals surface area contributed by atoms with E-state index in [4.69, 9.17) is 10.1 Å². The van der Waals surface area contributed by atoms with Gasteiger partial charge in [0, 0.05) is 19.0 Å². The Bertz CT molecular complexity index is 997. The van der Waals surface area contributed by atoms with Crippen LogP contribution >= 0.6 is 11.8 Å². The molecule has 1 saturated carbocycles. The van der Waals surface area contributed by atoms with Crippen molar-refractivity contribution in [3.8, 4) is 5.69 Å². The van der Waals surface area contributed by atoms with Gasteiger partial charge in [-0.3, -0.25) is 4.79 Å². The number of carbonyl (C=O) groups excluding carboxylic acids is 1. The SMILES string of the molecule is O=C(CSc1nc(C2CC2)n(-c2ccccc2)n1)N1CCc2ccccc2C1. The molecule has 2 aromatic carbocycles. The van der Waals surface area contributed by atoms with Gasteiger partial charge in [-0.15, -0.1) is 5.10 Å². The average molecular weight is 391 g/mol. The van der Waals surface area contributed by atoms with E-state index in [1.165, 1.54) is 35.7 Å². The first kappa shape index (κ1) is 17.5. The smallest absolute Gasteiger partial charge is 0.233 e. The van der Waals surface area contributed by atoms with Crippen LogP contribution in [0.15, 0.2) is 59.8 Å². The second kappa shape index (κ2) is 7.43. The number of rotatable bonds is 5. The number of thioether (sulfide) groups is 1. The lowest BCUT2D eigenvalue weighted by Gasteiger charge is -2.28. The molecule has 5 nitrogen and oxygen atoms in total. The molecule has 2 heterocycles. The molecule has 0 spiro atoms. The molecular weight excluding hydrogens is 368 g/mol. The predicted molar refractivity (Wildman–Crippen MR) is 110 cm³/mol. The minimum atomic E-state index is 0.156. The van der Waals surface area contributed by atoms with E-state index in [9.17, 15) is 4.79 Å². The predicted octanol–water partition coefficient (Wildman–Crippen LogP) is 3.82. The molecule has 0 unspecified atom stereocenters. The molecule has 3 aromatic rings. The molecule has 0 radical (unpaired) electrons. The maximum absolute atomic E-state index is 12.7. The van der Waals surface area contributed by atoms with Crippen molar-refractivity contribution in [2.24, 2.45) is 0 Å². The Morgan fingerprint density at radius 2 is 1.79 bits per heavy atom. The van der Waals surface area contributed by atoms with E-state index in [0.717, 1.165) is 24.5 Å². The van der Waals surface area contributed by atoms with Gasteiger partial charge in [-0.2, -0.15) is 0 Å². The molecule has 1 fully saturated rings. The Morgan fingerprint density at radius 3 is 2.57 bits per heavy atom. The minimum absolute atomic E-state index is 0.156. The van der Waals surface area contributed by atoms with Crippen LogP contribution in [0.25, 0.3) is 5.69 Å². The standard InChI is InChI=1S/C22H22N4OS/c27-20(25-13-12-16-6-4-5-7-18(16)14-25)15-28-22-23-21(17-10-11-17)26(24-22)19-8-2-1-3-9-19/h1-9,17H,10-15H2. The summed E-state index contributed by atoms with van der Waals surface area (Å²) in [7, 11) is 0. The van der Waals surface area contributed by atoms with E-state index >= 15 is 0 Å². The molecule has 5 rings (SSSR count). The molecule has 1 aromatic heterocycles. The number of fused-ring (bicyclic) bond motifs is 1. The number of hydrogen-bond acceptors (Lipinski definition) is 4. The van der Waals surface area contributed by atoms with Crippen LogP contribution in [0.1, 0.15) is 35.7 Å². The molecule has 1 aliphatic heterocycles. The van der Waals surface area contributed by atoms with Crippen LogP contribution in [-0.2, 0) is 17.8 Å². The van der Waals surface area contributed by atoms with Crippen LogP contribution in [-0.4, -0.2) is 37.9 Å². The van der Waals surface area contributed by atoms with Crippen LogP contribution in [0.2, 0.25) is 0 Å². The van der Waals surface area contributed by atoms with Crippen LogP contribution in [0, 0.1) is 0 Å².